The second-order valence-electron chi connectivity index (χ2n) is 3.38. The zero-order chi connectivity index (χ0) is 10.4. The Balaban J connectivity index is 1.96. The zero-order valence-corrected chi connectivity index (χ0v) is 8.43. The number of amides is 3. The van der Waals surface area contributed by atoms with Gasteiger partial charge in [0.15, 0.2) is 0 Å². The second-order valence-corrected chi connectivity index (χ2v) is 3.38. The van der Waals surface area contributed by atoms with Gasteiger partial charge < -0.3 is 16.0 Å². The molecule has 3 N–H and O–H groups in total. The van der Waals surface area contributed by atoms with Crippen molar-refractivity contribution >= 4 is 11.9 Å². The highest BCUT2D eigenvalue weighted by Gasteiger charge is 2.22. The Labute approximate surface area is 83.6 Å². The fraction of sp³-hybridized carbons (Fsp3) is 0.778. The van der Waals surface area contributed by atoms with Crippen molar-refractivity contribution in [2.24, 2.45) is 0 Å². The van der Waals surface area contributed by atoms with E-state index in [1.54, 1.807) is 0 Å². The number of urea groups is 1. The van der Waals surface area contributed by atoms with Crippen molar-refractivity contribution in [3.05, 3.63) is 0 Å². The molecule has 5 nitrogen and oxygen atoms in total. The van der Waals surface area contributed by atoms with Gasteiger partial charge in [-0.1, -0.05) is 0 Å². The SMILES string of the molecule is CCNC(=O)NCCC(=O)NC1CC1. The predicted octanol–water partition coefficient (Wildman–Crippen LogP) is -0.0258. The fourth-order valence-corrected chi connectivity index (χ4v) is 1.04. The molecule has 1 rings (SSSR count). The topological polar surface area (TPSA) is 70.2 Å². The van der Waals surface area contributed by atoms with E-state index in [0.717, 1.165) is 12.8 Å². The second kappa shape index (κ2) is 5.47. The Morgan fingerprint density at radius 3 is 2.57 bits per heavy atom. The number of rotatable bonds is 5. The fourth-order valence-electron chi connectivity index (χ4n) is 1.04. The summed E-state index contributed by atoms with van der Waals surface area (Å²) in [6, 6.07) is 0.179. The molecule has 0 saturated heterocycles. The van der Waals surface area contributed by atoms with Crippen LogP contribution in [0, 0.1) is 0 Å². The van der Waals surface area contributed by atoms with Crippen molar-refractivity contribution in [3.63, 3.8) is 0 Å². The number of hydrogen-bond acceptors (Lipinski definition) is 2. The quantitative estimate of drug-likeness (QED) is 0.582. The van der Waals surface area contributed by atoms with Crippen LogP contribution >= 0.6 is 0 Å². The third kappa shape index (κ3) is 4.69. The lowest BCUT2D eigenvalue weighted by atomic mass is 10.4. The molecule has 1 saturated carbocycles. The zero-order valence-electron chi connectivity index (χ0n) is 8.43. The standard InChI is InChI=1S/C9H17N3O2/c1-2-10-9(14)11-6-5-8(13)12-7-3-4-7/h7H,2-6H2,1H3,(H,12,13)(H2,10,11,14). The van der Waals surface area contributed by atoms with Crippen LogP contribution < -0.4 is 16.0 Å². The molecule has 0 spiro atoms. The highest BCUT2D eigenvalue weighted by Crippen LogP contribution is 2.18. The first-order valence-corrected chi connectivity index (χ1v) is 5.03. The molecule has 80 valence electrons. The number of carbonyl (C=O) groups is 2. The molecule has 0 aromatic heterocycles. The molecule has 0 bridgehead atoms. The van der Waals surface area contributed by atoms with Gasteiger partial charge in [0, 0.05) is 25.6 Å². The van der Waals surface area contributed by atoms with Crippen LogP contribution in [0.4, 0.5) is 4.79 Å². The molecule has 0 aromatic rings. The van der Waals surface area contributed by atoms with Crippen LogP contribution in [-0.2, 0) is 4.79 Å². The van der Waals surface area contributed by atoms with E-state index >= 15 is 0 Å². The summed E-state index contributed by atoms with van der Waals surface area (Å²) in [5.74, 6) is 0.0179. The minimum absolute atomic E-state index is 0.0179. The predicted molar refractivity (Wildman–Crippen MR) is 52.9 cm³/mol. The summed E-state index contributed by atoms with van der Waals surface area (Å²) < 4.78 is 0. The Morgan fingerprint density at radius 2 is 2.00 bits per heavy atom. The average molecular weight is 199 g/mol. The summed E-state index contributed by atoms with van der Waals surface area (Å²) in [7, 11) is 0. The summed E-state index contributed by atoms with van der Waals surface area (Å²) in [5, 5.41) is 8.04. The number of nitrogens with one attached hydrogen (secondary N) is 3. The van der Waals surface area contributed by atoms with Gasteiger partial charge in [0.1, 0.15) is 0 Å². The molecule has 1 aliphatic rings. The average Bonchev–Trinajstić information content (AvgIpc) is 2.88. The van der Waals surface area contributed by atoms with E-state index in [9.17, 15) is 9.59 Å². The molecule has 1 aliphatic carbocycles. The summed E-state index contributed by atoms with van der Waals surface area (Å²) in [6.45, 7) is 2.84. The third-order valence-corrected chi connectivity index (χ3v) is 1.92. The van der Waals surface area contributed by atoms with Gasteiger partial charge in [-0.05, 0) is 19.8 Å². The molecule has 14 heavy (non-hydrogen) atoms. The number of hydrogen-bond donors (Lipinski definition) is 3. The molecule has 0 heterocycles. The van der Waals surface area contributed by atoms with Crippen LogP contribution in [0.2, 0.25) is 0 Å². The molecule has 0 aliphatic heterocycles. The van der Waals surface area contributed by atoms with E-state index in [1.165, 1.54) is 0 Å². The van der Waals surface area contributed by atoms with Crippen LogP contribution in [0.5, 0.6) is 0 Å². The van der Waals surface area contributed by atoms with E-state index in [1.807, 2.05) is 6.92 Å². The molecule has 1 fully saturated rings. The Hall–Kier alpha value is -1.26. The first-order chi connectivity index (χ1) is 6.72. The first kappa shape index (κ1) is 10.8. The van der Waals surface area contributed by atoms with Gasteiger partial charge in [-0.3, -0.25) is 4.79 Å². The van der Waals surface area contributed by atoms with E-state index < -0.39 is 0 Å². The summed E-state index contributed by atoms with van der Waals surface area (Å²) in [6.07, 6.45) is 2.54. The minimum atomic E-state index is -0.216. The van der Waals surface area contributed by atoms with Gasteiger partial charge in [-0.15, -0.1) is 0 Å². The monoisotopic (exact) mass is 199 g/mol. The summed E-state index contributed by atoms with van der Waals surface area (Å²) in [5.41, 5.74) is 0. The lowest BCUT2D eigenvalue weighted by Crippen LogP contribution is -2.37. The highest BCUT2D eigenvalue weighted by molar-refractivity contribution is 5.78. The first-order valence-electron chi connectivity index (χ1n) is 5.03. The number of carbonyl (C=O) groups excluding carboxylic acids is 2. The van der Waals surface area contributed by atoms with Gasteiger partial charge in [0.25, 0.3) is 0 Å². The van der Waals surface area contributed by atoms with Crippen LogP contribution in [0.25, 0.3) is 0 Å². The Bertz CT molecular complexity index is 214. The molecular formula is C9H17N3O2. The molecule has 0 radical (unpaired) electrons. The van der Waals surface area contributed by atoms with Crippen molar-refractivity contribution in [1.29, 1.82) is 0 Å². The van der Waals surface area contributed by atoms with Crippen molar-refractivity contribution in [2.45, 2.75) is 32.2 Å². The maximum Gasteiger partial charge on any atom is 0.314 e. The van der Waals surface area contributed by atoms with E-state index in [0.29, 0.717) is 25.6 Å². The van der Waals surface area contributed by atoms with Gasteiger partial charge >= 0.3 is 6.03 Å². The van der Waals surface area contributed by atoms with Crippen molar-refractivity contribution in [1.82, 2.24) is 16.0 Å². The van der Waals surface area contributed by atoms with E-state index in [4.69, 9.17) is 0 Å². The van der Waals surface area contributed by atoms with Gasteiger partial charge in [0.05, 0.1) is 0 Å². The van der Waals surface area contributed by atoms with Gasteiger partial charge in [-0.25, -0.2) is 4.79 Å². The Kier molecular flexibility index (Phi) is 4.22. The Morgan fingerprint density at radius 1 is 1.29 bits per heavy atom. The maximum absolute atomic E-state index is 11.2. The highest BCUT2D eigenvalue weighted by atomic mass is 16.2. The van der Waals surface area contributed by atoms with E-state index in [-0.39, 0.29) is 11.9 Å². The van der Waals surface area contributed by atoms with E-state index in [2.05, 4.69) is 16.0 Å². The molecule has 0 unspecified atom stereocenters. The normalized spacial score (nSPS) is 14.6. The molecule has 0 atom stereocenters. The van der Waals surface area contributed by atoms with Crippen molar-refractivity contribution < 1.29 is 9.59 Å². The maximum atomic E-state index is 11.2. The molecular weight excluding hydrogens is 182 g/mol. The van der Waals surface area contributed by atoms with Crippen LogP contribution in [0.15, 0.2) is 0 Å². The molecule has 5 heteroatoms. The smallest absolute Gasteiger partial charge is 0.314 e. The van der Waals surface area contributed by atoms with Crippen LogP contribution in [-0.4, -0.2) is 31.1 Å². The lowest BCUT2D eigenvalue weighted by molar-refractivity contribution is -0.121. The van der Waals surface area contributed by atoms with Crippen LogP contribution in [0.3, 0.4) is 0 Å². The van der Waals surface area contributed by atoms with Crippen LogP contribution in [0.1, 0.15) is 26.2 Å². The van der Waals surface area contributed by atoms with Gasteiger partial charge in [-0.2, -0.15) is 0 Å². The molecule has 3 amide bonds. The minimum Gasteiger partial charge on any atom is -0.353 e. The summed E-state index contributed by atoms with van der Waals surface area (Å²) >= 11 is 0. The largest absolute Gasteiger partial charge is 0.353 e. The summed E-state index contributed by atoms with van der Waals surface area (Å²) in [4.78, 5) is 22.1. The van der Waals surface area contributed by atoms with Crippen molar-refractivity contribution in [2.75, 3.05) is 13.1 Å². The lowest BCUT2D eigenvalue weighted by Gasteiger charge is -2.05. The van der Waals surface area contributed by atoms with Crippen molar-refractivity contribution in [3.8, 4) is 0 Å². The third-order valence-electron chi connectivity index (χ3n) is 1.92. The molecule has 0 aromatic carbocycles. The van der Waals surface area contributed by atoms with Gasteiger partial charge in [0.2, 0.25) is 5.91 Å².